The molecule has 1 aromatic rings. The van der Waals surface area contributed by atoms with Gasteiger partial charge in [-0.2, -0.15) is 0 Å². The van der Waals surface area contributed by atoms with Gasteiger partial charge in [0.05, 0.1) is 11.7 Å². The number of carbonyl (C=O) groups is 2. The minimum Gasteiger partial charge on any atom is -0.490 e. The summed E-state index contributed by atoms with van der Waals surface area (Å²) in [5.41, 5.74) is 0.425. The number of halogens is 1. The summed E-state index contributed by atoms with van der Waals surface area (Å²) in [6.45, 7) is 1.99. The van der Waals surface area contributed by atoms with Crippen LogP contribution in [0.25, 0.3) is 0 Å². The van der Waals surface area contributed by atoms with Crippen molar-refractivity contribution in [1.82, 2.24) is 10.2 Å². The lowest BCUT2D eigenvalue weighted by Crippen LogP contribution is -2.47. The SMILES string of the molecule is O=C1CC2(CCCN(C(=O)c3cc(Cl)ccc3OC3CCCC3)C2)CN1. The number of hydrogen-bond acceptors (Lipinski definition) is 3. The molecule has 2 heterocycles. The average molecular weight is 377 g/mol. The number of rotatable bonds is 3. The van der Waals surface area contributed by atoms with Gasteiger partial charge in [0.25, 0.3) is 5.91 Å². The van der Waals surface area contributed by atoms with Crippen LogP contribution in [0, 0.1) is 5.41 Å². The van der Waals surface area contributed by atoms with Crippen LogP contribution in [0.1, 0.15) is 55.3 Å². The molecule has 1 N–H and O–H groups in total. The molecule has 1 aromatic carbocycles. The first kappa shape index (κ1) is 17.7. The zero-order valence-corrected chi connectivity index (χ0v) is 15.7. The zero-order chi connectivity index (χ0) is 18.1. The molecule has 1 saturated carbocycles. The van der Waals surface area contributed by atoms with E-state index in [-0.39, 0.29) is 23.3 Å². The highest BCUT2D eigenvalue weighted by atomic mass is 35.5. The second-order valence-corrected chi connectivity index (χ2v) is 8.39. The Morgan fingerprint density at radius 3 is 2.81 bits per heavy atom. The molecule has 3 fully saturated rings. The number of benzene rings is 1. The van der Waals surface area contributed by atoms with Crippen LogP contribution in [-0.4, -0.2) is 42.5 Å². The molecular formula is C20H25ClN2O3. The van der Waals surface area contributed by atoms with E-state index in [1.165, 1.54) is 12.8 Å². The fraction of sp³-hybridized carbons (Fsp3) is 0.600. The van der Waals surface area contributed by atoms with Crippen LogP contribution >= 0.6 is 11.6 Å². The molecule has 1 atom stereocenters. The van der Waals surface area contributed by atoms with E-state index < -0.39 is 0 Å². The fourth-order valence-electron chi connectivity index (χ4n) is 4.55. The first-order chi connectivity index (χ1) is 12.5. The molecule has 2 aliphatic heterocycles. The van der Waals surface area contributed by atoms with Crippen molar-refractivity contribution >= 4 is 23.4 Å². The van der Waals surface area contributed by atoms with Gasteiger partial charge >= 0.3 is 0 Å². The number of hydrogen-bond donors (Lipinski definition) is 1. The third-order valence-electron chi connectivity index (χ3n) is 5.91. The molecule has 0 radical (unpaired) electrons. The van der Waals surface area contributed by atoms with Crippen LogP contribution in [0.15, 0.2) is 18.2 Å². The Kier molecular flexibility index (Phi) is 4.82. The van der Waals surface area contributed by atoms with E-state index in [9.17, 15) is 9.59 Å². The Labute approximate surface area is 159 Å². The Morgan fingerprint density at radius 1 is 1.27 bits per heavy atom. The highest BCUT2D eigenvalue weighted by Gasteiger charge is 2.43. The highest BCUT2D eigenvalue weighted by Crippen LogP contribution is 2.37. The normalized spacial score (nSPS) is 26.3. The van der Waals surface area contributed by atoms with Crippen molar-refractivity contribution in [1.29, 1.82) is 0 Å². The van der Waals surface area contributed by atoms with Crippen molar-refractivity contribution in [2.24, 2.45) is 5.41 Å². The summed E-state index contributed by atoms with van der Waals surface area (Å²) in [7, 11) is 0. The van der Waals surface area contributed by atoms with Gasteiger partial charge in [0.2, 0.25) is 5.91 Å². The summed E-state index contributed by atoms with van der Waals surface area (Å²) in [5.74, 6) is 0.678. The molecule has 4 rings (SSSR count). The molecule has 140 valence electrons. The van der Waals surface area contributed by atoms with Gasteiger partial charge in [-0.1, -0.05) is 11.6 Å². The van der Waals surface area contributed by atoms with Crippen molar-refractivity contribution < 1.29 is 14.3 Å². The Balaban J connectivity index is 1.55. The maximum absolute atomic E-state index is 13.3. The molecule has 0 aromatic heterocycles. The van der Waals surface area contributed by atoms with Crippen LogP contribution in [-0.2, 0) is 4.79 Å². The summed E-state index contributed by atoms with van der Waals surface area (Å²) < 4.78 is 6.13. The molecule has 5 nitrogen and oxygen atoms in total. The Hall–Kier alpha value is -1.75. The van der Waals surface area contributed by atoms with E-state index in [0.717, 1.165) is 25.7 Å². The number of piperidine rings is 1. The van der Waals surface area contributed by atoms with E-state index in [4.69, 9.17) is 16.3 Å². The van der Waals surface area contributed by atoms with Crippen molar-refractivity contribution in [3.05, 3.63) is 28.8 Å². The molecule has 1 unspecified atom stereocenters. The van der Waals surface area contributed by atoms with Gasteiger partial charge < -0.3 is 15.0 Å². The Morgan fingerprint density at radius 2 is 2.08 bits per heavy atom. The molecule has 1 spiro atoms. The number of likely N-dealkylation sites (tertiary alicyclic amines) is 1. The van der Waals surface area contributed by atoms with Crippen LogP contribution in [0.3, 0.4) is 0 Å². The average Bonchev–Trinajstić information content (AvgIpc) is 3.26. The van der Waals surface area contributed by atoms with Gasteiger partial charge in [0.15, 0.2) is 0 Å². The number of ether oxygens (including phenoxy) is 1. The van der Waals surface area contributed by atoms with Crippen molar-refractivity contribution in [3.8, 4) is 5.75 Å². The van der Waals surface area contributed by atoms with E-state index in [1.807, 2.05) is 11.0 Å². The standard InChI is InChI=1S/C20H25ClN2O3/c21-14-6-7-17(26-15-4-1-2-5-15)16(10-14)19(25)23-9-3-8-20(13-23)11-18(24)22-12-20/h6-7,10,15H,1-5,8-9,11-13H2,(H,22,24). The van der Waals surface area contributed by atoms with Crippen LogP contribution in [0.2, 0.25) is 5.02 Å². The van der Waals surface area contributed by atoms with E-state index in [0.29, 0.717) is 42.4 Å². The second-order valence-electron chi connectivity index (χ2n) is 7.95. The summed E-state index contributed by atoms with van der Waals surface area (Å²) in [5, 5.41) is 3.46. The summed E-state index contributed by atoms with van der Waals surface area (Å²) in [4.78, 5) is 26.8. The monoisotopic (exact) mass is 376 g/mol. The van der Waals surface area contributed by atoms with Crippen molar-refractivity contribution in [3.63, 3.8) is 0 Å². The van der Waals surface area contributed by atoms with Gasteiger partial charge in [0, 0.05) is 36.5 Å². The number of amides is 2. The van der Waals surface area contributed by atoms with Crippen molar-refractivity contribution in [2.75, 3.05) is 19.6 Å². The lowest BCUT2D eigenvalue weighted by atomic mass is 9.79. The molecule has 2 saturated heterocycles. The Bertz CT molecular complexity index is 717. The fourth-order valence-corrected chi connectivity index (χ4v) is 4.72. The molecule has 0 bridgehead atoms. The number of carbonyl (C=O) groups excluding carboxylic acids is 2. The number of nitrogens with one attached hydrogen (secondary N) is 1. The summed E-state index contributed by atoms with van der Waals surface area (Å²) >= 11 is 6.18. The van der Waals surface area contributed by atoms with Crippen LogP contribution in [0.5, 0.6) is 5.75 Å². The quantitative estimate of drug-likeness (QED) is 0.879. The number of nitrogens with zero attached hydrogens (tertiary/aromatic N) is 1. The largest absolute Gasteiger partial charge is 0.490 e. The van der Waals surface area contributed by atoms with Gasteiger partial charge in [-0.3, -0.25) is 9.59 Å². The van der Waals surface area contributed by atoms with Gasteiger partial charge in [0.1, 0.15) is 5.75 Å². The van der Waals surface area contributed by atoms with E-state index in [1.54, 1.807) is 12.1 Å². The topological polar surface area (TPSA) is 58.6 Å². The first-order valence-corrected chi connectivity index (χ1v) is 9.95. The lowest BCUT2D eigenvalue weighted by molar-refractivity contribution is -0.119. The van der Waals surface area contributed by atoms with Gasteiger partial charge in [-0.05, 0) is 56.7 Å². The molecule has 26 heavy (non-hydrogen) atoms. The smallest absolute Gasteiger partial charge is 0.257 e. The maximum atomic E-state index is 13.3. The lowest BCUT2D eigenvalue weighted by Gasteiger charge is -2.39. The first-order valence-electron chi connectivity index (χ1n) is 9.57. The minimum atomic E-state index is -0.115. The van der Waals surface area contributed by atoms with Crippen LogP contribution in [0.4, 0.5) is 0 Å². The van der Waals surface area contributed by atoms with Crippen molar-refractivity contribution in [2.45, 2.75) is 51.0 Å². The van der Waals surface area contributed by atoms with Gasteiger partial charge in [-0.25, -0.2) is 0 Å². The maximum Gasteiger partial charge on any atom is 0.257 e. The van der Waals surface area contributed by atoms with E-state index >= 15 is 0 Å². The molecule has 2 amide bonds. The predicted octanol–water partition coefficient (Wildman–Crippen LogP) is 3.40. The third kappa shape index (κ3) is 3.54. The summed E-state index contributed by atoms with van der Waals surface area (Å²) in [6, 6.07) is 5.31. The van der Waals surface area contributed by atoms with Gasteiger partial charge in [-0.15, -0.1) is 0 Å². The zero-order valence-electron chi connectivity index (χ0n) is 14.9. The summed E-state index contributed by atoms with van der Waals surface area (Å²) in [6.07, 6.45) is 7.03. The van der Waals surface area contributed by atoms with Crippen LogP contribution < -0.4 is 10.1 Å². The third-order valence-corrected chi connectivity index (χ3v) is 6.15. The predicted molar refractivity (Wildman–Crippen MR) is 99.5 cm³/mol. The molecule has 6 heteroatoms. The molecule has 1 aliphatic carbocycles. The minimum absolute atomic E-state index is 0.0427. The second kappa shape index (κ2) is 7.10. The molecular weight excluding hydrogens is 352 g/mol. The highest BCUT2D eigenvalue weighted by molar-refractivity contribution is 6.31. The molecule has 3 aliphatic rings. The van der Waals surface area contributed by atoms with E-state index in [2.05, 4.69) is 5.32 Å².